The van der Waals surface area contributed by atoms with Crippen LogP contribution < -0.4 is 10.6 Å². The van der Waals surface area contributed by atoms with Gasteiger partial charge in [-0.25, -0.2) is 0 Å². The summed E-state index contributed by atoms with van der Waals surface area (Å²) in [4.78, 5) is 12.8. The van der Waals surface area contributed by atoms with E-state index in [1.807, 2.05) is 36.4 Å². The van der Waals surface area contributed by atoms with E-state index in [4.69, 9.17) is 0 Å². The lowest BCUT2D eigenvalue weighted by atomic mass is 10.1. The second-order valence-corrected chi connectivity index (χ2v) is 5.92. The van der Waals surface area contributed by atoms with Gasteiger partial charge in [0, 0.05) is 11.4 Å². The number of carbonyl (C=O) groups excluding carboxylic acids is 1. The standard InChI is InChI=1S/C21H17F3N2O/c22-21(23,24)16-10-7-13-18(14-16)26-20(27)19(15-8-3-1-4-9-15)25-17-11-5-2-6-12-17/h1-14,19,25H,(H,26,27). The maximum Gasteiger partial charge on any atom is 0.416 e. The third-order valence-electron chi connectivity index (χ3n) is 3.94. The molecule has 0 fully saturated rings. The van der Waals surface area contributed by atoms with Crippen LogP contribution in [0.5, 0.6) is 0 Å². The molecule has 0 saturated heterocycles. The third-order valence-corrected chi connectivity index (χ3v) is 3.94. The van der Waals surface area contributed by atoms with E-state index in [1.165, 1.54) is 12.1 Å². The zero-order chi connectivity index (χ0) is 19.3. The summed E-state index contributed by atoms with van der Waals surface area (Å²) in [7, 11) is 0. The molecule has 0 radical (unpaired) electrons. The van der Waals surface area contributed by atoms with Crippen molar-refractivity contribution in [1.29, 1.82) is 0 Å². The molecule has 3 aromatic carbocycles. The number of benzene rings is 3. The molecular weight excluding hydrogens is 353 g/mol. The Morgan fingerprint density at radius 1 is 0.778 bits per heavy atom. The van der Waals surface area contributed by atoms with Crippen LogP contribution in [0.4, 0.5) is 24.5 Å². The van der Waals surface area contributed by atoms with E-state index in [1.54, 1.807) is 24.3 Å². The fraction of sp³-hybridized carbons (Fsp3) is 0.0952. The first-order valence-corrected chi connectivity index (χ1v) is 8.28. The van der Waals surface area contributed by atoms with Crippen LogP contribution in [0.1, 0.15) is 17.2 Å². The Hall–Kier alpha value is -3.28. The minimum absolute atomic E-state index is 0.0885. The summed E-state index contributed by atoms with van der Waals surface area (Å²) in [6.45, 7) is 0. The summed E-state index contributed by atoms with van der Waals surface area (Å²) in [5, 5.41) is 5.70. The quantitative estimate of drug-likeness (QED) is 0.623. The van der Waals surface area contributed by atoms with Crippen LogP contribution >= 0.6 is 0 Å². The number of halogens is 3. The minimum Gasteiger partial charge on any atom is -0.370 e. The lowest BCUT2D eigenvalue weighted by Gasteiger charge is -2.20. The molecule has 0 aromatic heterocycles. The normalized spacial score (nSPS) is 12.3. The molecule has 0 aliphatic carbocycles. The van der Waals surface area contributed by atoms with Gasteiger partial charge in [0.15, 0.2) is 0 Å². The van der Waals surface area contributed by atoms with Crippen molar-refractivity contribution in [2.45, 2.75) is 12.2 Å². The van der Waals surface area contributed by atoms with Gasteiger partial charge in [-0.15, -0.1) is 0 Å². The second kappa shape index (κ2) is 7.95. The lowest BCUT2D eigenvalue weighted by Crippen LogP contribution is -2.27. The number of anilines is 2. The molecule has 2 N–H and O–H groups in total. The van der Waals surface area contributed by atoms with Gasteiger partial charge in [-0.3, -0.25) is 4.79 Å². The fourth-order valence-electron chi connectivity index (χ4n) is 2.63. The van der Waals surface area contributed by atoms with E-state index in [0.717, 1.165) is 17.8 Å². The van der Waals surface area contributed by atoms with Crippen molar-refractivity contribution in [3.63, 3.8) is 0 Å². The molecule has 3 rings (SSSR count). The zero-order valence-corrected chi connectivity index (χ0v) is 14.2. The van der Waals surface area contributed by atoms with Gasteiger partial charge in [-0.05, 0) is 35.9 Å². The molecule has 1 atom stereocenters. The van der Waals surface area contributed by atoms with Crippen LogP contribution in [0.2, 0.25) is 0 Å². The highest BCUT2D eigenvalue weighted by Crippen LogP contribution is 2.31. The van der Waals surface area contributed by atoms with Crippen LogP contribution in [-0.4, -0.2) is 5.91 Å². The Labute approximate surface area is 154 Å². The number of hydrogen-bond acceptors (Lipinski definition) is 2. The number of amides is 1. The average Bonchev–Trinajstić information content (AvgIpc) is 2.67. The number of hydrogen-bond donors (Lipinski definition) is 2. The van der Waals surface area contributed by atoms with Gasteiger partial charge < -0.3 is 10.6 Å². The molecular formula is C21H17F3N2O. The first kappa shape index (κ1) is 18.5. The molecule has 1 unspecified atom stereocenters. The highest BCUT2D eigenvalue weighted by atomic mass is 19.4. The van der Waals surface area contributed by atoms with Gasteiger partial charge in [0.05, 0.1) is 5.56 Å². The summed E-state index contributed by atoms with van der Waals surface area (Å²) in [6.07, 6.45) is -4.47. The molecule has 27 heavy (non-hydrogen) atoms. The van der Waals surface area contributed by atoms with Gasteiger partial charge in [-0.1, -0.05) is 54.6 Å². The van der Waals surface area contributed by atoms with Crippen LogP contribution in [-0.2, 0) is 11.0 Å². The highest BCUT2D eigenvalue weighted by Gasteiger charge is 2.30. The van der Waals surface area contributed by atoms with Gasteiger partial charge in [0.1, 0.15) is 6.04 Å². The maximum atomic E-state index is 12.9. The van der Waals surface area contributed by atoms with Crippen molar-refractivity contribution < 1.29 is 18.0 Å². The summed E-state index contributed by atoms with van der Waals surface area (Å²) in [5.74, 6) is -0.454. The molecule has 0 aliphatic rings. The topological polar surface area (TPSA) is 41.1 Å². The number of carbonyl (C=O) groups is 1. The number of rotatable bonds is 5. The molecule has 0 bridgehead atoms. The van der Waals surface area contributed by atoms with E-state index in [2.05, 4.69) is 10.6 Å². The molecule has 6 heteroatoms. The van der Waals surface area contributed by atoms with Crippen molar-refractivity contribution in [1.82, 2.24) is 0 Å². The first-order chi connectivity index (χ1) is 12.9. The number of para-hydroxylation sites is 1. The van der Waals surface area contributed by atoms with Crippen LogP contribution in [0, 0.1) is 0 Å². The molecule has 0 saturated carbocycles. The molecule has 138 valence electrons. The van der Waals surface area contributed by atoms with Gasteiger partial charge in [0.25, 0.3) is 5.91 Å². The van der Waals surface area contributed by atoms with Crippen molar-refractivity contribution in [2.75, 3.05) is 10.6 Å². The smallest absolute Gasteiger partial charge is 0.370 e. The lowest BCUT2D eigenvalue weighted by molar-refractivity contribution is -0.137. The molecule has 0 aliphatic heterocycles. The molecule has 1 amide bonds. The van der Waals surface area contributed by atoms with Gasteiger partial charge >= 0.3 is 6.18 Å². The largest absolute Gasteiger partial charge is 0.416 e. The SMILES string of the molecule is O=C(Nc1cccc(C(F)(F)F)c1)C(Nc1ccccc1)c1ccccc1. The maximum absolute atomic E-state index is 12.9. The molecule has 3 aromatic rings. The monoisotopic (exact) mass is 370 g/mol. The van der Waals surface area contributed by atoms with Gasteiger partial charge in [-0.2, -0.15) is 13.2 Å². The third kappa shape index (κ3) is 4.88. The summed E-state index contributed by atoms with van der Waals surface area (Å²) in [6, 6.07) is 21.9. The average molecular weight is 370 g/mol. The van der Waals surface area contributed by atoms with E-state index < -0.39 is 23.7 Å². The summed E-state index contributed by atoms with van der Waals surface area (Å²) in [5.41, 5.74) is 0.703. The van der Waals surface area contributed by atoms with Crippen molar-refractivity contribution in [3.05, 3.63) is 96.1 Å². The van der Waals surface area contributed by atoms with E-state index in [0.29, 0.717) is 5.56 Å². The van der Waals surface area contributed by atoms with Crippen LogP contribution in [0.3, 0.4) is 0 Å². The minimum atomic E-state index is -4.47. The van der Waals surface area contributed by atoms with Crippen molar-refractivity contribution in [2.24, 2.45) is 0 Å². The Kier molecular flexibility index (Phi) is 5.45. The molecule has 3 nitrogen and oxygen atoms in total. The van der Waals surface area contributed by atoms with E-state index in [-0.39, 0.29) is 5.69 Å². The van der Waals surface area contributed by atoms with Crippen molar-refractivity contribution >= 4 is 17.3 Å². The Morgan fingerprint density at radius 2 is 1.37 bits per heavy atom. The Morgan fingerprint density at radius 3 is 2.00 bits per heavy atom. The molecule has 0 spiro atoms. The van der Waals surface area contributed by atoms with E-state index >= 15 is 0 Å². The van der Waals surface area contributed by atoms with E-state index in [9.17, 15) is 18.0 Å². The number of alkyl halides is 3. The summed E-state index contributed by atoms with van der Waals surface area (Å²) >= 11 is 0. The predicted octanol–water partition coefficient (Wildman–Crippen LogP) is 5.50. The fourth-order valence-corrected chi connectivity index (χ4v) is 2.63. The first-order valence-electron chi connectivity index (χ1n) is 8.28. The summed E-state index contributed by atoms with van der Waals surface area (Å²) < 4.78 is 38.7. The predicted molar refractivity (Wildman–Crippen MR) is 99.3 cm³/mol. The van der Waals surface area contributed by atoms with Gasteiger partial charge in [0.2, 0.25) is 0 Å². The Bertz CT molecular complexity index is 896. The van der Waals surface area contributed by atoms with Crippen molar-refractivity contribution in [3.8, 4) is 0 Å². The second-order valence-electron chi connectivity index (χ2n) is 5.92. The highest BCUT2D eigenvalue weighted by molar-refractivity contribution is 5.97. The molecule has 0 heterocycles. The van der Waals surface area contributed by atoms with Crippen LogP contribution in [0.15, 0.2) is 84.9 Å². The Balaban J connectivity index is 1.85. The van der Waals surface area contributed by atoms with Crippen LogP contribution in [0.25, 0.3) is 0 Å². The number of nitrogens with one attached hydrogen (secondary N) is 2. The zero-order valence-electron chi connectivity index (χ0n) is 14.2.